The van der Waals surface area contributed by atoms with Crippen LogP contribution in [0.5, 0.6) is 0 Å². The van der Waals surface area contributed by atoms with Gasteiger partial charge in [0, 0.05) is 6.54 Å². The van der Waals surface area contributed by atoms with E-state index in [0.717, 1.165) is 12.8 Å². The number of aryl methyl sites for hydroxylation is 1. The molecule has 0 spiro atoms. The SMILES string of the molecule is CCCCNc1nc(Cl)nc(C)c1[N+](=O)[O-]. The standard InChI is InChI=1S/C9H13ClN4O2/c1-3-4-5-11-8-7(14(15)16)6(2)12-9(10)13-8/h3-5H2,1-2H3,(H,11,12,13). The van der Waals surface area contributed by atoms with E-state index < -0.39 is 4.92 Å². The molecule has 0 saturated heterocycles. The number of halogens is 1. The zero-order valence-electron chi connectivity index (χ0n) is 9.16. The summed E-state index contributed by atoms with van der Waals surface area (Å²) in [4.78, 5) is 17.9. The average Bonchev–Trinajstić information content (AvgIpc) is 2.16. The molecule has 1 aromatic rings. The highest BCUT2D eigenvalue weighted by atomic mass is 35.5. The van der Waals surface area contributed by atoms with E-state index in [0.29, 0.717) is 6.54 Å². The Balaban J connectivity index is 2.99. The van der Waals surface area contributed by atoms with E-state index in [9.17, 15) is 10.1 Å². The molecule has 0 aromatic carbocycles. The Labute approximate surface area is 98.2 Å². The molecule has 0 fully saturated rings. The molecule has 0 aliphatic rings. The predicted molar refractivity (Wildman–Crippen MR) is 61.8 cm³/mol. The lowest BCUT2D eigenvalue weighted by Gasteiger charge is -2.06. The third-order valence-corrected chi connectivity index (χ3v) is 2.21. The second-order valence-corrected chi connectivity index (χ2v) is 3.65. The molecule has 0 atom stereocenters. The number of hydrogen-bond donors (Lipinski definition) is 1. The van der Waals surface area contributed by atoms with E-state index in [2.05, 4.69) is 15.3 Å². The summed E-state index contributed by atoms with van der Waals surface area (Å²) >= 11 is 5.65. The quantitative estimate of drug-likeness (QED) is 0.373. The minimum absolute atomic E-state index is 0.0158. The Bertz CT molecular complexity index is 397. The van der Waals surface area contributed by atoms with Crippen LogP contribution in [0.1, 0.15) is 25.5 Å². The van der Waals surface area contributed by atoms with Gasteiger partial charge in [0.25, 0.3) is 0 Å². The molecule has 1 rings (SSSR count). The zero-order valence-corrected chi connectivity index (χ0v) is 9.91. The molecule has 0 aliphatic heterocycles. The highest BCUT2D eigenvalue weighted by Crippen LogP contribution is 2.26. The fourth-order valence-electron chi connectivity index (χ4n) is 1.26. The lowest BCUT2D eigenvalue weighted by atomic mass is 10.3. The number of nitrogens with one attached hydrogen (secondary N) is 1. The minimum atomic E-state index is -0.500. The highest BCUT2D eigenvalue weighted by molar-refractivity contribution is 6.28. The van der Waals surface area contributed by atoms with Crippen LogP contribution >= 0.6 is 11.6 Å². The number of nitro groups is 1. The van der Waals surface area contributed by atoms with Gasteiger partial charge in [0.2, 0.25) is 11.1 Å². The topological polar surface area (TPSA) is 81.0 Å². The maximum atomic E-state index is 10.8. The second-order valence-electron chi connectivity index (χ2n) is 3.31. The van der Waals surface area contributed by atoms with Crippen LogP contribution in [-0.4, -0.2) is 21.4 Å². The number of nitrogens with zero attached hydrogens (tertiary/aromatic N) is 3. The molecule has 0 bridgehead atoms. The third kappa shape index (κ3) is 3.03. The van der Waals surface area contributed by atoms with Crippen LogP contribution in [0.3, 0.4) is 0 Å². The molecule has 88 valence electrons. The van der Waals surface area contributed by atoms with E-state index in [1.54, 1.807) is 0 Å². The van der Waals surface area contributed by atoms with Crippen molar-refractivity contribution in [2.45, 2.75) is 26.7 Å². The largest absolute Gasteiger partial charge is 0.364 e. The van der Waals surface area contributed by atoms with E-state index in [-0.39, 0.29) is 22.5 Å². The average molecular weight is 245 g/mol. The molecular formula is C9H13ClN4O2. The Morgan fingerprint density at radius 3 is 2.75 bits per heavy atom. The van der Waals surface area contributed by atoms with Crippen molar-refractivity contribution in [3.63, 3.8) is 0 Å². The maximum absolute atomic E-state index is 10.8. The predicted octanol–water partition coefficient (Wildman–Crippen LogP) is 2.56. The molecule has 0 saturated carbocycles. The molecule has 0 radical (unpaired) electrons. The van der Waals surface area contributed by atoms with E-state index in [4.69, 9.17) is 11.6 Å². The van der Waals surface area contributed by atoms with Crippen LogP contribution in [0.15, 0.2) is 0 Å². The van der Waals surface area contributed by atoms with E-state index >= 15 is 0 Å². The molecule has 7 heteroatoms. The van der Waals surface area contributed by atoms with Crippen molar-refractivity contribution in [1.82, 2.24) is 9.97 Å². The number of aromatic nitrogens is 2. The van der Waals surface area contributed by atoms with E-state index in [1.165, 1.54) is 6.92 Å². The maximum Gasteiger partial charge on any atom is 0.332 e. The van der Waals surface area contributed by atoms with Gasteiger partial charge in [-0.05, 0) is 24.9 Å². The summed E-state index contributed by atoms with van der Waals surface area (Å²) < 4.78 is 0. The van der Waals surface area contributed by atoms with Gasteiger partial charge in [0.05, 0.1) is 4.92 Å². The molecule has 1 heterocycles. The Kier molecular flexibility index (Phi) is 4.42. The smallest absolute Gasteiger partial charge is 0.332 e. The van der Waals surface area contributed by atoms with Gasteiger partial charge in [-0.2, -0.15) is 4.98 Å². The molecule has 0 amide bonds. The van der Waals surface area contributed by atoms with Crippen LogP contribution in [0.4, 0.5) is 11.5 Å². The Morgan fingerprint density at radius 2 is 2.19 bits per heavy atom. The molecule has 16 heavy (non-hydrogen) atoms. The number of unbranched alkanes of at least 4 members (excludes halogenated alkanes) is 1. The molecule has 6 nitrogen and oxygen atoms in total. The van der Waals surface area contributed by atoms with Crippen LogP contribution in [0, 0.1) is 17.0 Å². The Hall–Kier alpha value is -1.43. The van der Waals surface area contributed by atoms with Crippen LogP contribution in [0.25, 0.3) is 0 Å². The summed E-state index contributed by atoms with van der Waals surface area (Å²) in [5.74, 6) is 0.191. The van der Waals surface area contributed by atoms with Crippen molar-refractivity contribution in [1.29, 1.82) is 0 Å². The summed E-state index contributed by atoms with van der Waals surface area (Å²) in [7, 11) is 0. The van der Waals surface area contributed by atoms with Crippen LogP contribution < -0.4 is 5.32 Å². The lowest BCUT2D eigenvalue weighted by molar-refractivity contribution is -0.385. The third-order valence-electron chi connectivity index (χ3n) is 2.04. The first kappa shape index (κ1) is 12.6. The fraction of sp³-hybridized carbons (Fsp3) is 0.556. The van der Waals surface area contributed by atoms with Crippen molar-refractivity contribution >= 4 is 23.1 Å². The fourth-order valence-corrected chi connectivity index (χ4v) is 1.47. The van der Waals surface area contributed by atoms with Gasteiger partial charge >= 0.3 is 5.69 Å². The lowest BCUT2D eigenvalue weighted by Crippen LogP contribution is -2.08. The molecule has 1 aromatic heterocycles. The molecule has 0 unspecified atom stereocenters. The monoisotopic (exact) mass is 244 g/mol. The van der Waals surface area contributed by atoms with Gasteiger partial charge in [-0.1, -0.05) is 13.3 Å². The molecule has 0 aliphatic carbocycles. The highest BCUT2D eigenvalue weighted by Gasteiger charge is 2.21. The van der Waals surface area contributed by atoms with E-state index in [1.807, 2.05) is 6.92 Å². The van der Waals surface area contributed by atoms with Gasteiger partial charge in [-0.25, -0.2) is 4.98 Å². The number of hydrogen-bond acceptors (Lipinski definition) is 5. The van der Waals surface area contributed by atoms with Crippen molar-refractivity contribution in [3.05, 3.63) is 21.1 Å². The van der Waals surface area contributed by atoms with Crippen molar-refractivity contribution in [2.24, 2.45) is 0 Å². The first-order chi connectivity index (χ1) is 7.56. The van der Waals surface area contributed by atoms with Gasteiger partial charge in [-0.15, -0.1) is 0 Å². The first-order valence-corrected chi connectivity index (χ1v) is 5.36. The van der Waals surface area contributed by atoms with Crippen molar-refractivity contribution in [3.8, 4) is 0 Å². The van der Waals surface area contributed by atoms with Gasteiger partial charge in [0.1, 0.15) is 5.69 Å². The summed E-state index contributed by atoms with van der Waals surface area (Å²) in [5.41, 5.74) is 0.157. The molecule has 1 N–H and O–H groups in total. The second kappa shape index (κ2) is 5.60. The van der Waals surface area contributed by atoms with Gasteiger partial charge < -0.3 is 5.32 Å². The number of rotatable bonds is 5. The summed E-state index contributed by atoms with van der Waals surface area (Å²) in [5, 5.41) is 13.7. The summed E-state index contributed by atoms with van der Waals surface area (Å²) in [6.07, 6.45) is 1.91. The minimum Gasteiger partial charge on any atom is -0.364 e. The summed E-state index contributed by atoms with van der Waals surface area (Å²) in [6.45, 7) is 4.20. The number of anilines is 1. The Morgan fingerprint density at radius 1 is 1.50 bits per heavy atom. The van der Waals surface area contributed by atoms with Crippen molar-refractivity contribution in [2.75, 3.05) is 11.9 Å². The van der Waals surface area contributed by atoms with Crippen molar-refractivity contribution < 1.29 is 4.92 Å². The van der Waals surface area contributed by atoms with Gasteiger partial charge in [0.15, 0.2) is 0 Å². The zero-order chi connectivity index (χ0) is 12.1. The normalized spacial score (nSPS) is 10.2. The van der Waals surface area contributed by atoms with Crippen LogP contribution in [0.2, 0.25) is 5.28 Å². The molecular weight excluding hydrogens is 232 g/mol. The van der Waals surface area contributed by atoms with Crippen LogP contribution in [-0.2, 0) is 0 Å². The summed E-state index contributed by atoms with van der Waals surface area (Å²) in [6, 6.07) is 0. The first-order valence-electron chi connectivity index (χ1n) is 4.98. The van der Waals surface area contributed by atoms with Gasteiger partial charge in [-0.3, -0.25) is 10.1 Å².